The molecular weight excluding hydrogens is 250 g/mol. The summed E-state index contributed by atoms with van der Waals surface area (Å²) in [5, 5.41) is 8.11. The molecule has 0 unspecified atom stereocenters. The summed E-state index contributed by atoms with van der Waals surface area (Å²) >= 11 is 5.79. The second-order valence-corrected chi connectivity index (χ2v) is 4.27. The lowest BCUT2D eigenvalue weighted by Gasteiger charge is -2.20. The third-order valence-electron chi connectivity index (χ3n) is 2.35. The molecule has 1 rings (SSSR count). The minimum absolute atomic E-state index is 0.0887. The zero-order valence-electron chi connectivity index (χ0n) is 10.4. The predicted octanol–water partition coefficient (Wildman–Crippen LogP) is 1.76. The van der Waals surface area contributed by atoms with Gasteiger partial charge in [0.15, 0.2) is 11.9 Å². The Hall–Kier alpha value is -1.75. The van der Waals surface area contributed by atoms with E-state index in [1.165, 1.54) is 4.90 Å². The van der Waals surface area contributed by atoms with Gasteiger partial charge in [-0.25, -0.2) is 4.99 Å². The van der Waals surface area contributed by atoms with Crippen molar-refractivity contribution in [3.8, 4) is 0 Å². The molecule has 0 radical (unpaired) electrons. The number of rotatable bonds is 4. The van der Waals surface area contributed by atoms with Gasteiger partial charge >= 0.3 is 0 Å². The van der Waals surface area contributed by atoms with Crippen LogP contribution >= 0.6 is 11.6 Å². The lowest BCUT2D eigenvalue weighted by molar-refractivity contribution is 0.575. The lowest BCUT2D eigenvalue weighted by Crippen LogP contribution is -2.45. The predicted molar refractivity (Wildman–Crippen MR) is 75.7 cm³/mol. The molecule has 1 aromatic carbocycles. The van der Waals surface area contributed by atoms with Gasteiger partial charge in [0.1, 0.15) is 0 Å². The van der Waals surface area contributed by atoms with Crippen molar-refractivity contribution in [2.24, 2.45) is 16.5 Å². The smallest absolute Gasteiger partial charge is 0.198 e. The van der Waals surface area contributed by atoms with Gasteiger partial charge in [-0.2, -0.15) is 0 Å². The Kier molecular flexibility index (Phi) is 5.45. The molecule has 0 aliphatic carbocycles. The number of hydrogen-bond donors (Lipinski definition) is 3. The van der Waals surface area contributed by atoms with Crippen LogP contribution in [-0.4, -0.2) is 23.4 Å². The van der Waals surface area contributed by atoms with Crippen molar-refractivity contribution in [3.05, 3.63) is 34.9 Å². The number of nitrogens with zero attached hydrogens (tertiary/aromatic N) is 2. The average Bonchev–Trinajstić information content (AvgIpc) is 2.34. The number of halogens is 1. The van der Waals surface area contributed by atoms with E-state index in [2.05, 4.69) is 4.99 Å². The van der Waals surface area contributed by atoms with Gasteiger partial charge in [-0.3, -0.25) is 10.3 Å². The summed E-state index contributed by atoms with van der Waals surface area (Å²) in [6, 6.07) is 7.38. The van der Waals surface area contributed by atoms with E-state index in [4.69, 9.17) is 28.5 Å². The van der Waals surface area contributed by atoms with Gasteiger partial charge in [-0.15, -0.1) is 0 Å². The fourth-order valence-corrected chi connectivity index (χ4v) is 1.56. The van der Waals surface area contributed by atoms with Crippen molar-refractivity contribution < 1.29 is 0 Å². The molecule has 0 saturated heterocycles. The third kappa shape index (κ3) is 4.25. The monoisotopic (exact) mass is 267 g/mol. The molecule has 0 heterocycles. The summed E-state index contributed by atoms with van der Waals surface area (Å²) in [5.74, 6) is 0.175. The molecule has 0 bridgehead atoms. The summed E-state index contributed by atoms with van der Waals surface area (Å²) in [7, 11) is 0. The number of aliphatic imine (C=N–C) groups is 1. The topological polar surface area (TPSA) is 91.5 Å². The van der Waals surface area contributed by atoms with Gasteiger partial charge in [-0.05, 0) is 24.1 Å². The molecule has 6 heteroatoms. The molecule has 0 fully saturated rings. The summed E-state index contributed by atoms with van der Waals surface area (Å²) in [5.41, 5.74) is 12.3. The highest BCUT2D eigenvalue weighted by Crippen LogP contribution is 2.10. The molecule has 0 amide bonds. The molecule has 18 heavy (non-hydrogen) atoms. The number of nitrogens with one attached hydrogen (secondary N) is 1. The van der Waals surface area contributed by atoms with E-state index in [-0.39, 0.29) is 11.9 Å². The normalized spacial score (nSPS) is 11.3. The number of nitrogens with two attached hydrogens (primary N) is 2. The lowest BCUT2D eigenvalue weighted by atomic mass is 10.2. The van der Waals surface area contributed by atoms with Crippen LogP contribution in [0.4, 0.5) is 0 Å². The average molecular weight is 268 g/mol. The number of hydrogen-bond acceptors (Lipinski definition) is 2. The Morgan fingerprint density at radius 1 is 1.33 bits per heavy atom. The van der Waals surface area contributed by atoms with Crippen LogP contribution in [0.5, 0.6) is 0 Å². The molecule has 98 valence electrons. The molecule has 0 saturated carbocycles. The molecular formula is C12H18ClN5. The summed E-state index contributed by atoms with van der Waals surface area (Å²) < 4.78 is 0. The second kappa shape index (κ2) is 6.86. The van der Waals surface area contributed by atoms with E-state index in [1.807, 2.05) is 19.1 Å². The van der Waals surface area contributed by atoms with Gasteiger partial charge in [0.25, 0.3) is 0 Å². The van der Waals surface area contributed by atoms with Crippen molar-refractivity contribution in [1.82, 2.24) is 4.90 Å². The largest absolute Gasteiger partial charge is 0.370 e. The first kappa shape index (κ1) is 14.3. The van der Waals surface area contributed by atoms with E-state index in [0.29, 0.717) is 18.1 Å². The number of guanidine groups is 2. The molecule has 0 aromatic heterocycles. The highest BCUT2D eigenvalue weighted by Gasteiger charge is 2.09. The quantitative estimate of drug-likeness (QED) is 0.573. The zero-order valence-corrected chi connectivity index (χ0v) is 11.1. The van der Waals surface area contributed by atoms with Crippen molar-refractivity contribution in [3.63, 3.8) is 0 Å². The first-order valence-corrected chi connectivity index (χ1v) is 6.08. The highest BCUT2D eigenvalue weighted by molar-refractivity contribution is 6.30. The first-order chi connectivity index (χ1) is 8.54. The Morgan fingerprint density at radius 2 is 1.94 bits per heavy atom. The Bertz CT molecular complexity index is 427. The fourth-order valence-electron chi connectivity index (χ4n) is 1.43. The SMILES string of the molecule is CCCN(C(=N)N)C(N)=NCc1ccc(Cl)cc1. The Labute approximate surface area is 112 Å². The maximum absolute atomic E-state index is 7.42. The van der Waals surface area contributed by atoms with Gasteiger partial charge < -0.3 is 11.5 Å². The maximum atomic E-state index is 7.42. The van der Waals surface area contributed by atoms with Gasteiger partial charge in [0.05, 0.1) is 6.54 Å². The van der Waals surface area contributed by atoms with Gasteiger partial charge in [-0.1, -0.05) is 30.7 Å². The third-order valence-corrected chi connectivity index (χ3v) is 2.60. The highest BCUT2D eigenvalue weighted by atomic mass is 35.5. The number of benzene rings is 1. The van der Waals surface area contributed by atoms with Crippen molar-refractivity contribution in [2.75, 3.05) is 6.54 Å². The maximum Gasteiger partial charge on any atom is 0.198 e. The van der Waals surface area contributed by atoms with Crippen molar-refractivity contribution >= 4 is 23.5 Å². The molecule has 0 atom stereocenters. The van der Waals surface area contributed by atoms with Crippen molar-refractivity contribution in [1.29, 1.82) is 5.41 Å². The molecule has 5 N–H and O–H groups in total. The minimum atomic E-state index is -0.0887. The van der Waals surface area contributed by atoms with Gasteiger partial charge in [0, 0.05) is 11.6 Å². The fraction of sp³-hybridized carbons (Fsp3) is 0.333. The van der Waals surface area contributed by atoms with Crippen LogP contribution in [0.3, 0.4) is 0 Å². The molecule has 0 aliphatic rings. The molecule has 5 nitrogen and oxygen atoms in total. The Morgan fingerprint density at radius 3 is 2.44 bits per heavy atom. The van der Waals surface area contributed by atoms with Crippen LogP contribution in [0.2, 0.25) is 5.02 Å². The zero-order chi connectivity index (χ0) is 13.5. The van der Waals surface area contributed by atoms with Gasteiger partial charge in [0.2, 0.25) is 0 Å². The summed E-state index contributed by atoms with van der Waals surface area (Å²) in [6.45, 7) is 3.02. The van der Waals surface area contributed by atoms with E-state index in [1.54, 1.807) is 12.1 Å². The van der Waals surface area contributed by atoms with Crippen LogP contribution in [0.1, 0.15) is 18.9 Å². The van der Waals surface area contributed by atoms with Crippen LogP contribution in [-0.2, 0) is 6.54 Å². The summed E-state index contributed by atoms with van der Waals surface area (Å²) in [4.78, 5) is 5.70. The van der Waals surface area contributed by atoms with Crippen LogP contribution in [0.15, 0.2) is 29.3 Å². The van der Waals surface area contributed by atoms with Crippen LogP contribution in [0, 0.1) is 5.41 Å². The Balaban J connectivity index is 2.70. The van der Waals surface area contributed by atoms with Crippen LogP contribution in [0.25, 0.3) is 0 Å². The van der Waals surface area contributed by atoms with E-state index in [9.17, 15) is 0 Å². The van der Waals surface area contributed by atoms with Crippen molar-refractivity contribution in [2.45, 2.75) is 19.9 Å². The first-order valence-electron chi connectivity index (χ1n) is 5.70. The van der Waals surface area contributed by atoms with E-state index < -0.39 is 0 Å². The molecule has 0 spiro atoms. The van der Waals surface area contributed by atoms with E-state index >= 15 is 0 Å². The van der Waals surface area contributed by atoms with E-state index in [0.717, 1.165) is 12.0 Å². The standard InChI is InChI=1S/C12H18ClN5/c1-2-7-18(11(14)15)12(16)17-8-9-3-5-10(13)6-4-9/h3-6H,2,7-8H2,1H3,(H3,14,15)(H2,16,17). The minimum Gasteiger partial charge on any atom is -0.370 e. The molecule has 0 aliphatic heterocycles. The van der Waals surface area contributed by atoms with Crippen LogP contribution < -0.4 is 11.5 Å². The second-order valence-electron chi connectivity index (χ2n) is 3.84. The molecule has 1 aromatic rings. The summed E-state index contributed by atoms with van der Waals surface area (Å²) in [6.07, 6.45) is 0.844.